The third kappa shape index (κ3) is 4.33. The number of halogens is 3. The van der Waals surface area contributed by atoms with Crippen molar-refractivity contribution in [2.45, 2.75) is 25.8 Å². The normalized spacial score (nSPS) is 12.4. The number of nitrogens with one attached hydrogen (secondary N) is 1. The molecule has 1 atom stereocenters. The van der Waals surface area contributed by atoms with Crippen LogP contribution in [-0.2, 0) is 6.42 Å². The van der Waals surface area contributed by atoms with E-state index in [0.717, 1.165) is 30.5 Å². The van der Waals surface area contributed by atoms with Crippen molar-refractivity contribution in [1.82, 2.24) is 10.3 Å². The summed E-state index contributed by atoms with van der Waals surface area (Å²) in [6.07, 6.45) is 5.18. The molecule has 2 nitrogen and oxygen atoms in total. The summed E-state index contributed by atoms with van der Waals surface area (Å²) in [6.45, 7) is 3.03. The lowest BCUT2D eigenvalue weighted by Crippen LogP contribution is -2.24. The number of aromatic nitrogens is 1. The van der Waals surface area contributed by atoms with E-state index in [1.165, 1.54) is 0 Å². The molecule has 2 aromatic rings. The van der Waals surface area contributed by atoms with Gasteiger partial charge in [0.25, 0.3) is 0 Å². The fourth-order valence-corrected chi connectivity index (χ4v) is 2.85. The minimum atomic E-state index is 0.0800. The maximum atomic E-state index is 6.29. The van der Waals surface area contributed by atoms with Crippen LogP contribution in [0.2, 0.25) is 15.1 Å². The quantitative estimate of drug-likeness (QED) is 0.767. The fraction of sp³-hybridized carbons (Fsp3) is 0.312. The van der Waals surface area contributed by atoms with Crippen LogP contribution in [0.1, 0.15) is 30.5 Å². The van der Waals surface area contributed by atoms with Crippen molar-refractivity contribution in [1.29, 1.82) is 0 Å². The van der Waals surface area contributed by atoms with Crippen LogP contribution >= 0.6 is 34.8 Å². The van der Waals surface area contributed by atoms with E-state index in [9.17, 15) is 0 Å². The Bertz CT molecular complexity index is 602. The van der Waals surface area contributed by atoms with E-state index in [0.29, 0.717) is 15.1 Å². The lowest BCUT2D eigenvalue weighted by Gasteiger charge is -2.21. The Balaban J connectivity index is 2.28. The molecule has 0 saturated heterocycles. The molecule has 0 spiro atoms. The summed E-state index contributed by atoms with van der Waals surface area (Å²) in [7, 11) is 0. The first-order valence-electron chi connectivity index (χ1n) is 6.89. The van der Waals surface area contributed by atoms with Gasteiger partial charge in [-0.25, -0.2) is 0 Å². The third-order valence-corrected chi connectivity index (χ3v) is 4.45. The number of pyridine rings is 1. The lowest BCUT2D eigenvalue weighted by molar-refractivity contribution is 0.529. The predicted octanol–water partition coefficient (Wildman–Crippen LogP) is 5.33. The molecule has 0 radical (unpaired) electrons. The van der Waals surface area contributed by atoms with Crippen LogP contribution in [0.25, 0.3) is 0 Å². The molecule has 1 aromatic heterocycles. The van der Waals surface area contributed by atoms with Gasteiger partial charge in [-0.1, -0.05) is 53.9 Å². The molecule has 1 heterocycles. The molecule has 0 bridgehead atoms. The summed E-state index contributed by atoms with van der Waals surface area (Å²) >= 11 is 18.7. The van der Waals surface area contributed by atoms with Crippen molar-refractivity contribution < 1.29 is 0 Å². The Morgan fingerprint density at radius 2 is 1.95 bits per heavy atom. The number of nitrogens with zero attached hydrogens (tertiary/aromatic N) is 1. The predicted molar refractivity (Wildman–Crippen MR) is 90.4 cm³/mol. The third-order valence-electron chi connectivity index (χ3n) is 3.28. The van der Waals surface area contributed by atoms with Crippen molar-refractivity contribution in [3.05, 3.63) is 62.9 Å². The first kappa shape index (κ1) is 16.6. The summed E-state index contributed by atoms with van der Waals surface area (Å²) in [6, 6.07) is 7.71. The number of hydrogen-bond donors (Lipinski definition) is 1. The van der Waals surface area contributed by atoms with Crippen molar-refractivity contribution in [3.8, 4) is 0 Å². The zero-order valence-electron chi connectivity index (χ0n) is 11.7. The summed E-state index contributed by atoms with van der Waals surface area (Å²) < 4.78 is 0. The molecule has 5 heteroatoms. The van der Waals surface area contributed by atoms with Gasteiger partial charge < -0.3 is 5.32 Å². The van der Waals surface area contributed by atoms with Crippen molar-refractivity contribution >= 4 is 34.8 Å². The van der Waals surface area contributed by atoms with E-state index in [2.05, 4.69) is 17.2 Å². The zero-order valence-corrected chi connectivity index (χ0v) is 14.0. The van der Waals surface area contributed by atoms with Gasteiger partial charge >= 0.3 is 0 Å². The van der Waals surface area contributed by atoms with E-state index in [4.69, 9.17) is 34.8 Å². The highest BCUT2D eigenvalue weighted by atomic mass is 35.5. The molecule has 0 aliphatic rings. The van der Waals surface area contributed by atoms with E-state index < -0.39 is 0 Å². The SMILES string of the molecule is CCCNC(Cc1cccc(Cl)c1Cl)c1ccncc1Cl. The Hall–Kier alpha value is -0.800. The van der Waals surface area contributed by atoms with Gasteiger partial charge in [-0.2, -0.15) is 0 Å². The van der Waals surface area contributed by atoms with E-state index in [1.807, 2.05) is 18.2 Å². The second-order valence-corrected chi connectivity index (χ2v) is 6.01. The summed E-state index contributed by atoms with van der Waals surface area (Å²) in [5, 5.41) is 5.34. The highest BCUT2D eigenvalue weighted by Crippen LogP contribution is 2.31. The van der Waals surface area contributed by atoms with Crippen molar-refractivity contribution in [2.75, 3.05) is 6.54 Å². The zero-order chi connectivity index (χ0) is 15.2. The van der Waals surface area contributed by atoms with Gasteiger partial charge in [0.05, 0.1) is 15.1 Å². The minimum Gasteiger partial charge on any atom is -0.310 e. The van der Waals surface area contributed by atoms with Crippen LogP contribution in [0.3, 0.4) is 0 Å². The maximum absolute atomic E-state index is 6.29. The van der Waals surface area contributed by atoms with Gasteiger partial charge in [-0.15, -0.1) is 0 Å². The van der Waals surface area contributed by atoms with E-state index >= 15 is 0 Å². The molecule has 21 heavy (non-hydrogen) atoms. The second kappa shape index (κ2) is 8.00. The van der Waals surface area contributed by atoms with Gasteiger partial charge in [0.1, 0.15) is 0 Å². The first-order valence-corrected chi connectivity index (χ1v) is 8.02. The van der Waals surface area contributed by atoms with Gasteiger partial charge in [0, 0.05) is 18.4 Å². The van der Waals surface area contributed by atoms with Crippen LogP contribution in [0.4, 0.5) is 0 Å². The second-order valence-electron chi connectivity index (χ2n) is 4.82. The molecule has 0 saturated carbocycles. The standard InChI is InChI=1S/C16H17Cl3N2/c1-2-7-21-15(12-6-8-20-10-14(12)18)9-11-4-3-5-13(17)16(11)19/h3-6,8,10,15,21H,2,7,9H2,1H3. The molecule has 0 aliphatic carbocycles. The Kier molecular flexibility index (Phi) is 6.31. The van der Waals surface area contributed by atoms with Crippen LogP contribution in [0, 0.1) is 0 Å². The molecule has 0 amide bonds. The summed E-state index contributed by atoms with van der Waals surface area (Å²) in [4.78, 5) is 4.04. The smallest absolute Gasteiger partial charge is 0.0637 e. The minimum absolute atomic E-state index is 0.0800. The Morgan fingerprint density at radius 3 is 2.67 bits per heavy atom. The summed E-state index contributed by atoms with van der Waals surface area (Å²) in [5.41, 5.74) is 2.03. The number of rotatable bonds is 6. The topological polar surface area (TPSA) is 24.9 Å². The van der Waals surface area contributed by atoms with Gasteiger partial charge in [0.15, 0.2) is 0 Å². The van der Waals surface area contributed by atoms with Crippen LogP contribution in [0.15, 0.2) is 36.7 Å². The average molecular weight is 344 g/mol. The lowest BCUT2D eigenvalue weighted by atomic mass is 9.99. The van der Waals surface area contributed by atoms with Crippen LogP contribution in [-0.4, -0.2) is 11.5 Å². The molecular weight excluding hydrogens is 327 g/mol. The molecular formula is C16H17Cl3N2. The molecule has 1 N–H and O–H groups in total. The largest absolute Gasteiger partial charge is 0.310 e. The van der Waals surface area contributed by atoms with Gasteiger partial charge in [-0.3, -0.25) is 4.98 Å². The number of hydrogen-bond acceptors (Lipinski definition) is 2. The Labute approximate surface area is 140 Å². The molecule has 1 aromatic carbocycles. The molecule has 1 unspecified atom stereocenters. The van der Waals surface area contributed by atoms with Crippen molar-refractivity contribution in [2.24, 2.45) is 0 Å². The highest BCUT2D eigenvalue weighted by Gasteiger charge is 2.17. The van der Waals surface area contributed by atoms with E-state index in [1.54, 1.807) is 18.5 Å². The summed E-state index contributed by atoms with van der Waals surface area (Å²) in [5.74, 6) is 0. The van der Waals surface area contributed by atoms with Gasteiger partial charge in [0.2, 0.25) is 0 Å². The monoisotopic (exact) mass is 342 g/mol. The maximum Gasteiger partial charge on any atom is 0.0637 e. The average Bonchev–Trinajstić information content (AvgIpc) is 2.48. The first-order chi connectivity index (χ1) is 10.1. The van der Waals surface area contributed by atoms with Crippen LogP contribution in [0.5, 0.6) is 0 Å². The molecule has 112 valence electrons. The fourth-order valence-electron chi connectivity index (χ4n) is 2.21. The van der Waals surface area contributed by atoms with E-state index in [-0.39, 0.29) is 6.04 Å². The van der Waals surface area contributed by atoms with Crippen molar-refractivity contribution in [3.63, 3.8) is 0 Å². The number of benzene rings is 1. The van der Waals surface area contributed by atoms with Gasteiger partial charge in [-0.05, 0) is 42.6 Å². The molecule has 2 rings (SSSR count). The molecule has 0 aliphatic heterocycles. The Morgan fingerprint density at radius 1 is 1.14 bits per heavy atom. The molecule has 0 fully saturated rings. The van der Waals surface area contributed by atoms with Crippen LogP contribution < -0.4 is 5.32 Å². The highest BCUT2D eigenvalue weighted by molar-refractivity contribution is 6.42.